The van der Waals surface area contributed by atoms with Crippen LogP contribution < -0.4 is 5.43 Å². The van der Waals surface area contributed by atoms with Crippen LogP contribution in [0.25, 0.3) is 0 Å². The molecule has 0 aromatic rings. The van der Waals surface area contributed by atoms with Gasteiger partial charge >= 0.3 is 0 Å². The highest BCUT2D eigenvalue weighted by molar-refractivity contribution is 6.25. The summed E-state index contributed by atoms with van der Waals surface area (Å²) in [5.74, 6) is -0.244. The summed E-state index contributed by atoms with van der Waals surface area (Å²) < 4.78 is 0. The number of rotatable bonds is 1. The average molecular weight is 140 g/mol. The van der Waals surface area contributed by atoms with E-state index < -0.39 is 0 Å². The topological polar surface area (TPSA) is 61.7 Å². The monoisotopic (exact) mass is 140 g/mol. The summed E-state index contributed by atoms with van der Waals surface area (Å²) in [6.07, 6.45) is 1.62. The molecule has 0 spiro atoms. The second kappa shape index (κ2) is 2.62. The molecule has 0 aromatic carbocycles. The molecule has 0 fully saturated rings. The van der Waals surface area contributed by atoms with Crippen molar-refractivity contribution in [3.63, 3.8) is 0 Å². The van der Waals surface area contributed by atoms with E-state index in [0.717, 1.165) is 0 Å². The maximum atomic E-state index is 10.8. The highest BCUT2D eigenvalue weighted by atomic mass is 16.3. The molecule has 0 radical (unpaired) electrons. The minimum Gasteiger partial charge on any atom is -0.390 e. The zero-order chi connectivity index (χ0) is 7.56. The largest absolute Gasteiger partial charge is 0.390 e. The molecule has 0 bridgehead atoms. The van der Waals surface area contributed by atoms with E-state index in [1.54, 1.807) is 13.0 Å². The Kier molecular flexibility index (Phi) is 1.82. The Bertz CT molecular complexity index is 218. The number of nitrogens with one attached hydrogen (secondary N) is 1. The molecule has 2 N–H and O–H groups in total. The Morgan fingerprint density at radius 3 is 2.90 bits per heavy atom. The summed E-state index contributed by atoms with van der Waals surface area (Å²) in [6.45, 7) is 1.53. The molecule has 54 valence electrons. The zero-order valence-electron chi connectivity index (χ0n) is 5.59. The second-order valence-corrected chi connectivity index (χ2v) is 1.86. The van der Waals surface area contributed by atoms with E-state index in [-0.39, 0.29) is 12.5 Å². The molecule has 10 heavy (non-hydrogen) atoms. The van der Waals surface area contributed by atoms with Crippen molar-refractivity contribution < 1.29 is 9.90 Å². The van der Waals surface area contributed by atoms with Crippen LogP contribution in [0.2, 0.25) is 0 Å². The zero-order valence-corrected chi connectivity index (χ0v) is 5.59. The van der Waals surface area contributed by atoms with Crippen LogP contribution in [0.5, 0.6) is 0 Å². The predicted molar refractivity (Wildman–Crippen MR) is 36.4 cm³/mol. The maximum Gasteiger partial charge on any atom is 0.273 e. The number of hydrogen-bond donors (Lipinski definition) is 2. The minimum absolute atomic E-state index is 0.196. The first-order valence-corrected chi connectivity index (χ1v) is 2.94. The first-order valence-electron chi connectivity index (χ1n) is 2.94. The Labute approximate surface area is 58.2 Å². The number of hydrazone groups is 1. The molecule has 0 aliphatic carbocycles. The number of carbonyl (C=O) groups excluding carboxylic acids is 1. The Hall–Kier alpha value is -1.16. The normalized spacial score (nSPS) is 21.2. The van der Waals surface area contributed by atoms with E-state index in [1.807, 2.05) is 0 Å². The number of amides is 1. The number of aliphatic hydroxyl groups excluding tert-OH is 1. The number of allylic oxidation sites excluding steroid dienone is 1. The molecule has 1 amide bonds. The highest BCUT2D eigenvalue weighted by Gasteiger charge is 2.19. The number of aliphatic hydroxyl groups is 1. The molecule has 1 aliphatic heterocycles. The van der Waals surface area contributed by atoms with E-state index in [1.165, 1.54) is 0 Å². The second-order valence-electron chi connectivity index (χ2n) is 1.86. The molecule has 4 nitrogen and oxygen atoms in total. The number of nitrogens with zero attached hydrogens (tertiary/aromatic N) is 1. The van der Waals surface area contributed by atoms with Crippen molar-refractivity contribution in [3.05, 3.63) is 11.6 Å². The summed E-state index contributed by atoms with van der Waals surface area (Å²) >= 11 is 0. The summed E-state index contributed by atoms with van der Waals surface area (Å²) in [6, 6.07) is 0. The lowest BCUT2D eigenvalue weighted by atomic mass is 10.1. The summed E-state index contributed by atoms with van der Waals surface area (Å²) in [5.41, 5.74) is 3.11. The van der Waals surface area contributed by atoms with Gasteiger partial charge in [-0.1, -0.05) is 6.08 Å². The van der Waals surface area contributed by atoms with Crippen molar-refractivity contribution in [2.24, 2.45) is 5.10 Å². The van der Waals surface area contributed by atoms with Crippen molar-refractivity contribution in [2.75, 3.05) is 6.61 Å². The quantitative estimate of drug-likeness (QED) is 0.478. The van der Waals surface area contributed by atoms with Gasteiger partial charge in [0, 0.05) is 0 Å². The molecule has 0 unspecified atom stereocenters. The molecule has 0 aromatic heterocycles. The van der Waals surface area contributed by atoms with Gasteiger partial charge in [-0.25, -0.2) is 5.43 Å². The third-order valence-electron chi connectivity index (χ3n) is 1.29. The van der Waals surface area contributed by atoms with E-state index >= 15 is 0 Å². The average Bonchev–Trinajstić information content (AvgIpc) is 2.30. The first-order chi connectivity index (χ1) is 4.79. The molecule has 1 heterocycles. The number of carbonyl (C=O) groups is 1. The van der Waals surface area contributed by atoms with Crippen molar-refractivity contribution >= 4 is 11.6 Å². The van der Waals surface area contributed by atoms with Gasteiger partial charge in [0.1, 0.15) is 0 Å². The van der Waals surface area contributed by atoms with Gasteiger partial charge in [0.05, 0.1) is 17.9 Å². The third kappa shape index (κ3) is 0.930. The van der Waals surface area contributed by atoms with Gasteiger partial charge in [0.2, 0.25) is 0 Å². The van der Waals surface area contributed by atoms with Gasteiger partial charge in [-0.05, 0) is 6.92 Å². The maximum absolute atomic E-state index is 10.8. The van der Waals surface area contributed by atoms with Crippen molar-refractivity contribution in [1.82, 2.24) is 5.43 Å². The lowest BCUT2D eigenvalue weighted by Gasteiger charge is -1.91. The van der Waals surface area contributed by atoms with Crippen LogP contribution in [0, 0.1) is 0 Å². The standard InChI is InChI=1S/C6H8N2O2/c1-2-4-5(3-9)7-8-6(4)10/h2,9H,3H2,1H3,(H,8,10)/b4-2-. The van der Waals surface area contributed by atoms with Gasteiger partial charge < -0.3 is 5.11 Å². The van der Waals surface area contributed by atoms with E-state index in [9.17, 15) is 4.79 Å². The van der Waals surface area contributed by atoms with Gasteiger partial charge in [0.25, 0.3) is 5.91 Å². The SMILES string of the molecule is C/C=C1\C(=O)NN=C1CO. The third-order valence-corrected chi connectivity index (χ3v) is 1.29. The van der Waals surface area contributed by atoms with Crippen molar-refractivity contribution in [1.29, 1.82) is 0 Å². The Morgan fingerprint density at radius 2 is 2.50 bits per heavy atom. The fourth-order valence-electron chi connectivity index (χ4n) is 0.788. The smallest absolute Gasteiger partial charge is 0.273 e. The van der Waals surface area contributed by atoms with Gasteiger partial charge in [-0.15, -0.1) is 0 Å². The van der Waals surface area contributed by atoms with Gasteiger partial charge in [0.15, 0.2) is 0 Å². The minimum atomic E-state index is -0.244. The van der Waals surface area contributed by atoms with E-state index in [0.29, 0.717) is 11.3 Å². The summed E-state index contributed by atoms with van der Waals surface area (Å²) in [7, 11) is 0. The summed E-state index contributed by atoms with van der Waals surface area (Å²) in [5, 5.41) is 12.2. The lowest BCUT2D eigenvalue weighted by Crippen LogP contribution is -2.13. The first kappa shape index (κ1) is 6.95. The lowest BCUT2D eigenvalue weighted by molar-refractivity contribution is -0.116. The summed E-state index contributed by atoms with van der Waals surface area (Å²) in [4.78, 5) is 10.8. The van der Waals surface area contributed by atoms with E-state index in [4.69, 9.17) is 5.11 Å². The predicted octanol–water partition coefficient (Wildman–Crippen LogP) is -0.589. The van der Waals surface area contributed by atoms with Gasteiger partial charge in [-0.2, -0.15) is 5.10 Å². The molecule has 0 saturated heterocycles. The molecule has 1 aliphatic rings. The van der Waals surface area contributed by atoms with Crippen LogP contribution in [0.4, 0.5) is 0 Å². The molecule has 1 rings (SSSR count). The molecular weight excluding hydrogens is 132 g/mol. The molecular formula is C6H8N2O2. The van der Waals surface area contributed by atoms with Crippen molar-refractivity contribution in [2.45, 2.75) is 6.92 Å². The molecule has 0 atom stereocenters. The van der Waals surface area contributed by atoms with Crippen LogP contribution in [-0.4, -0.2) is 23.3 Å². The van der Waals surface area contributed by atoms with Crippen molar-refractivity contribution in [3.8, 4) is 0 Å². The van der Waals surface area contributed by atoms with Gasteiger partial charge in [-0.3, -0.25) is 4.79 Å². The molecule has 4 heteroatoms. The van der Waals surface area contributed by atoms with Crippen LogP contribution in [-0.2, 0) is 4.79 Å². The fraction of sp³-hybridized carbons (Fsp3) is 0.333. The molecule has 0 saturated carbocycles. The Morgan fingerprint density at radius 1 is 1.80 bits per heavy atom. The Balaban J connectivity index is 2.87. The van der Waals surface area contributed by atoms with Crippen LogP contribution in [0.3, 0.4) is 0 Å². The van der Waals surface area contributed by atoms with Crippen LogP contribution in [0.1, 0.15) is 6.92 Å². The van der Waals surface area contributed by atoms with E-state index in [2.05, 4.69) is 10.5 Å². The number of hydrogen-bond acceptors (Lipinski definition) is 3. The van der Waals surface area contributed by atoms with Crippen LogP contribution in [0.15, 0.2) is 16.8 Å². The van der Waals surface area contributed by atoms with Crippen LogP contribution >= 0.6 is 0 Å². The fourth-order valence-corrected chi connectivity index (χ4v) is 0.788. The highest BCUT2D eigenvalue weighted by Crippen LogP contribution is 2.03.